The Morgan fingerprint density at radius 1 is 1.29 bits per heavy atom. The number of hydrogen-bond acceptors (Lipinski definition) is 1. The Morgan fingerprint density at radius 3 is 2.71 bits per heavy atom. The van der Waals surface area contributed by atoms with Crippen molar-refractivity contribution in [1.29, 1.82) is 0 Å². The lowest BCUT2D eigenvalue weighted by Crippen LogP contribution is -1.94. The minimum absolute atomic E-state index is 0.267. The Bertz CT molecular complexity index is 525. The Labute approximate surface area is 103 Å². The summed E-state index contributed by atoms with van der Waals surface area (Å²) in [5.74, 6) is 0. The average Bonchev–Trinajstić information content (AvgIpc) is 2.59. The lowest BCUT2D eigenvalue weighted by molar-refractivity contribution is 0.288. The van der Waals surface area contributed by atoms with E-state index in [0.29, 0.717) is 0 Å². The van der Waals surface area contributed by atoms with Crippen molar-refractivity contribution in [3.8, 4) is 0 Å². The SMILES string of the molecule is CCc1ccc2c(c1)c(CCCO)c(C)n2C. The van der Waals surface area contributed by atoms with Crippen molar-refractivity contribution >= 4 is 10.9 Å². The van der Waals surface area contributed by atoms with Crippen molar-refractivity contribution in [3.63, 3.8) is 0 Å². The van der Waals surface area contributed by atoms with Crippen molar-refractivity contribution in [1.82, 2.24) is 4.57 Å². The summed E-state index contributed by atoms with van der Waals surface area (Å²) in [6, 6.07) is 6.72. The molecular weight excluding hydrogens is 210 g/mol. The first kappa shape index (κ1) is 12.2. The van der Waals surface area contributed by atoms with Gasteiger partial charge < -0.3 is 9.67 Å². The molecule has 2 rings (SSSR count). The van der Waals surface area contributed by atoms with Crippen LogP contribution in [0, 0.1) is 6.92 Å². The van der Waals surface area contributed by atoms with E-state index in [1.807, 2.05) is 0 Å². The van der Waals surface area contributed by atoms with Crippen LogP contribution in [0.1, 0.15) is 30.2 Å². The summed E-state index contributed by atoms with van der Waals surface area (Å²) in [6.07, 6.45) is 2.88. The molecule has 0 saturated carbocycles. The van der Waals surface area contributed by atoms with Gasteiger partial charge in [-0.15, -0.1) is 0 Å². The molecule has 2 aromatic rings. The molecular formula is C15H21NO. The summed E-state index contributed by atoms with van der Waals surface area (Å²) in [4.78, 5) is 0. The number of nitrogens with zero attached hydrogens (tertiary/aromatic N) is 1. The summed E-state index contributed by atoms with van der Waals surface area (Å²) in [7, 11) is 2.12. The number of rotatable bonds is 4. The van der Waals surface area contributed by atoms with Crippen molar-refractivity contribution < 1.29 is 5.11 Å². The van der Waals surface area contributed by atoms with Gasteiger partial charge in [-0.3, -0.25) is 0 Å². The second-order valence-electron chi connectivity index (χ2n) is 4.66. The van der Waals surface area contributed by atoms with Crippen LogP contribution in [0.15, 0.2) is 18.2 Å². The Balaban J connectivity index is 2.58. The molecule has 0 spiro atoms. The van der Waals surface area contributed by atoms with Crippen LogP contribution < -0.4 is 0 Å². The fraction of sp³-hybridized carbons (Fsp3) is 0.467. The molecule has 1 aromatic heterocycles. The standard InChI is InChI=1S/C15H21NO/c1-4-12-7-8-15-14(10-12)13(6-5-9-17)11(2)16(15)3/h7-8,10,17H,4-6,9H2,1-3H3. The van der Waals surface area contributed by atoms with E-state index in [1.165, 1.54) is 27.7 Å². The van der Waals surface area contributed by atoms with Crippen molar-refractivity contribution in [2.75, 3.05) is 6.61 Å². The van der Waals surface area contributed by atoms with Gasteiger partial charge in [-0.25, -0.2) is 0 Å². The zero-order valence-corrected chi connectivity index (χ0v) is 11.0. The van der Waals surface area contributed by atoms with Gasteiger partial charge in [-0.05, 0) is 49.4 Å². The second-order valence-corrected chi connectivity index (χ2v) is 4.66. The molecule has 1 heterocycles. The molecule has 0 bridgehead atoms. The van der Waals surface area contributed by atoms with Crippen molar-refractivity contribution in [3.05, 3.63) is 35.0 Å². The predicted octanol–water partition coefficient (Wildman–Crippen LogP) is 2.97. The van der Waals surface area contributed by atoms with E-state index in [9.17, 15) is 0 Å². The maximum Gasteiger partial charge on any atom is 0.0482 e. The van der Waals surface area contributed by atoms with Crippen LogP contribution >= 0.6 is 0 Å². The highest BCUT2D eigenvalue weighted by Gasteiger charge is 2.11. The molecule has 17 heavy (non-hydrogen) atoms. The molecule has 92 valence electrons. The van der Waals surface area contributed by atoms with E-state index < -0.39 is 0 Å². The van der Waals surface area contributed by atoms with Gasteiger partial charge in [0, 0.05) is 30.3 Å². The molecule has 0 radical (unpaired) electrons. The molecule has 0 fully saturated rings. The first-order chi connectivity index (χ1) is 8.19. The minimum Gasteiger partial charge on any atom is -0.396 e. The van der Waals surface area contributed by atoms with Crippen LogP contribution in [0.3, 0.4) is 0 Å². The van der Waals surface area contributed by atoms with Gasteiger partial charge in [-0.2, -0.15) is 0 Å². The van der Waals surface area contributed by atoms with Gasteiger partial charge >= 0.3 is 0 Å². The lowest BCUT2D eigenvalue weighted by Gasteiger charge is -2.01. The Morgan fingerprint density at radius 2 is 2.06 bits per heavy atom. The van der Waals surface area contributed by atoms with Gasteiger partial charge in [0.2, 0.25) is 0 Å². The molecule has 0 aliphatic rings. The van der Waals surface area contributed by atoms with E-state index in [2.05, 4.69) is 43.7 Å². The van der Waals surface area contributed by atoms with E-state index >= 15 is 0 Å². The number of aliphatic hydroxyl groups excluding tert-OH is 1. The largest absolute Gasteiger partial charge is 0.396 e. The molecule has 0 aliphatic carbocycles. The highest BCUT2D eigenvalue weighted by Crippen LogP contribution is 2.27. The zero-order chi connectivity index (χ0) is 12.4. The van der Waals surface area contributed by atoms with Crippen LogP contribution in [0.25, 0.3) is 10.9 Å². The van der Waals surface area contributed by atoms with Crippen LogP contribution in [0.5, 0.6) is 0 Å². The normalized spacial score (nSPS) is 11.3. The van der Waals surface area contributed by atoms with Crippen LogP contribution in [-0.4, -0.2) is 16.3 Å². The maximum absolute atomic E-state index is 8.99. The fourth-order valence-electron chi connectivity index (χ4n) is 2.49. The third kappa shape index (κ3) is 2.09. The number of benzene rings is 1. The number of aryl methyl sites for hydroxylation is 3. The number of hydrogen-bond donors (Lipinski definition) is 1. The van der Waals surface area contributed by atoms with Crippen molar-refractivity contribution in [2.45, 2.75) is 33.1 Å². The highest BCUT2D eigenvalue weighted by atomic mass is 16.2. The average molecular weight is 231 g/mol. The summed E-state index contributed by atoms with van der Waals surface area (Å²) >= 11 is 0. The van der Waals surface area contributed by atoms with Gasteiger partial charge in [0.1, 0.15) is 0 Å². The number of aromatic nitrogens is 1. The maximum atomic E-state index is 8.99. The fourth-order valence-corrected chi connectivity index (χ4v) is 2.49. The predicted molar refractivity (Wildman–Crippen MR) is 72.4 cm³/mol. The molecule has 2 nitrogen and oxygen atoms in total. The zero-order valence-electron chi connectivity index (χ0n) is 11.0. The van der Waals surface area contributed by atoms with E-state index in [1.54, 1.807) is 0 Å². The lowest BCUT2D eigenvalue weighted by atomic mass is 10.0. The third-order valence-corrected chi connectivity index (χ3v) is 3.68. The highest BCUT2D eigenvalue weighted by molar-refractivity contribution is 5.86. The molecule has 1 aromatic carbocycles. The van der Waals surface area contributed by atoms with Crippen molar-refractivity contribution in [2.24, 2.45) is 7.05 Å². The number of aliphatic hydroxyl groups is 1. The Hall–Kier alpha value is -1.28. The summed E-state index contributed by atoms with van der Waals surface area (Å²) in [5, 5.41) is 10.4. The third-order valence-electron chi connectivity index (χ3n) is 3.68. The summed E-state index contributed by atoms with van der Waals surface area (Å²) < 4.78 is 2.25. The number of fused-ring (bicyclic) bond motifs is 1. The smallest absolute Gasteiger partial charge is 0.0482 e. The second kappa shape index (κ2) is 4.92. The minimum atomic E-state index is 0.267. The van der Waals surface area contributed by atoms with Gasteiger partial charge in [0.25, 0.3) is 0 Å². The topological polar surface area (TPSA) is 25.2 Å². The molecule has 0 atom stereocenters. The molecule has 2 heteroatoms. The molecule has 0 amide bonds. The molecule has 1 N–H and O–H groups in total. The summed E-state index contributed by atoms with van der Waals surface area (Å²) in [6.45, 7) is 4.62. The monoisotopic (exact) mass is 231 g/mol. The molecule has 0 unspecified atom stereocenters. The molecule has 0 aliphatic heterocycles. The van der Waals surface area contributed by atoms with Crippen LogP contribution in [0.2, 0.25) is 0 Å². The van der Waals surface area contributed by atoms with Crippen LogP contribution in [-0.2, 0) is 19.9 Å². The molecule has 0 saturated heterocycles. The van der Waals surface area contributed by atoms with E-state index in [4.69, 9.17) is 5.11 Å². The first-order valence-corrected chi connectivity index (χ1v) is 6.36. The van der Waals surface area contributed by atoms with Gasteiger partial charge in [-0.1, -0.05) is 13.0 Å². The first-order valence-electron chi connectivity index (χ1n) is 6.36. The van der Waals surface area contributed by atoms with E-state index in [-0.39, 0.29) is 6.61 Å². The summed E-state index contributed by atoms with van der Waals surface area (Å²) in [5.41, 5.74) is 5.40. The van der Waals surface area contributed by atoms with E-state index in [0.717, 1.165) is 19.3 Å². The Kier molecular flexibility index (Phi) is 3.53. The van der Waals surface area contributed by atoms with Gasteiger partial charge in [0.05, 0.1) is 0 Å². The van der Waals surface area contributed by atoms with Crippen LogP contribution in [0.4, 0.5) is 0 Å². The quantitative estimate of drug-likeness (QED) is 0.860. The van der Waals surface area contributed by atoms with Gasteiger partial charge in [0.15, 0.2) is 0 Å².